The van der Waals surface area contributed by atoms with Crippen molar-refractivity contribution in [3.63, 3.8) is 0 Å². The van der Waals surface area contributed by atoms with Crippen LogP contribution in [0.15, 0.2) is 76.4 Å². The lowest BCUT2D eigenvalue weighted by Gasteiger charge is -2.31. The summed E-state index contributed by atoms with van der Waals surface area (Å²) in [5.74, 6) is 2.24. The molecule has 7 heteroatoms. The van der Waals surface area contributed by atoms with Gasteiger partial charge in [0.05, 0.1) is 43.2 Å². The first kappa shape index (κ1) is 23.3. The fourth-order valence-electron chi connectivity index (χ4n) is 5.06. The van der Waals surface area contributed by atoms with Gasteiger partial charge in [-0.3, -0.25) is 4.79 Å². The molecule has 1 aliphatic heterocycles. The molecule has 0 aromatic heterocycles. The molecule has 5 rings (SSSR count). The zero-order valence-electron chi connectivity index (χ0n) is 19.9. The Balaban J connectivity index is 1.67. The number of methoxy groups -OCH3 is 3. The van der Waals surface area contributed by atoms with Crippen molar-refractivity contribution >= 4 is 33.1 Å². The lowest BCUT2D eigenvalue weighted by Crippen LogP contribution is -2.27. The van der Waals surface area contributed by atoms with Gasteiger partial charge < -0.3 is 24.8 Å². The number of fused-ring (bicyclic) bond motifs is 1. The predicted octanol–water partition coefficient (Wildman–Crippen LogP) is 6.45. The van der Waals surface area contributed by atoms with E-state index in [2.05, 4.69) is 26.6 Å². The van der Waals surface area contributed by atoms with Gasteiger partial charge in [-0.2, -0.15) is 0 Å². The Morgan fingerprint density at radius 2 is 1.49 bits per heavy atom. The van der Waals surface area contributed by atoms with E-state index in [1.165, 1.54) is 0 Å². The van der Waals surface area contributed by atoms with Gasteiger partial charge in [0, 0.05) is 29.2 Å². The summed E-state index contributed by atoms with van der Waals surface area (Å²) in [6.07, 6.45) is 1.08. The topological polar surface area (TPSA) is 68.8 Å². The van der Waals surface area contributed by atoms with Crippen LogP contribution in [0.1, 0.15) is 35.9 Å². The Morgan fingerprint density at radius 3 is 2.23 bits per heavy atom. The minimum Gasteiger partial charge on any atom is -0.496 e. The maximum absolute atomic E-state index is 13.9. The number of carbonyl (C=O) groups is 1. The molecule has 6 nitrogen and oxygen atoms in total. The summed E-state index contributed by atoms with van der Waals surface area (Å²) in [6.45, 7) is 0. The monoisotopic (exact) mass is 534 g/mol. The van der Waals surface area contributed by atoms with Gasteiger partial charge in [0.2, 0.25) is 0 Å². The van der Waals surface area contributed by atoms with Crippen LogP contribution in [0.3, 0.4) is 0 Å². The molecule has 1 aliphatic carbocycles. The minimum absolute atomic E-state index is 0.0113. The van der Waals surface area contributed by atoms with Gasteiger partial charge in [0.25, 0.3) is 0 Å². The van der Waals surface area contributed by atoms with E-state index in [1.54, 1.807) is 21.3 Å². The van der Waals surface area contributed by atoms with E-state index < -0.39 is 6.04 Å². The number of hydrogen-bond acceptors (Lipinski definition) is 6. The molecule has 0 radical (unpaired) electrons. The van der Waals surface area contributed by atoms with Crippen LogP contribution in [0.2, 0.25) is 0 Å². The fourth-order valence-corrected chi connectivity index (χ4v) is 5.54. The normalized spacial score (nSPS) is 19.0. The van der Waals surface area contributed by atoms with Crippen LogP contribution in [-0.4, -0.2) is 27.1 Å². The average molecular weight is 535 g/mol. The quantitative estimate of drug-likeness (QED) is 0.391. The average Bonchev–Trinajstić information content (AvgIpc) is 3.05. The van der Waals surface area contributed by atoms with Gasteiger partial charge in [-0.15, -0.1) is 0 Å². The second kappa shape index (κ2) is 9.66. The summed E-state index contributed by atoms with van der Waals surface area (Å²) in [5, 5.41) is 7.19. The van der Waals surface area contributed by atoms with E-state index in [1.807, 2.05) is 60.7 Å². The number of ketones is 1. The van der Waals surface area contributed by atoms with Crippen LogP contribution in [-0.2, 0) is 4.79 Å². The van der Waals surface area contributed by atoms with Gasteiger partial charge in [-0.25, -0.2) is 0 Å². The summed E-state index contributed by atoms with van der Waals surface area (Å²) >= 11 is 3.55. The molecule has 3 aromatic rings. The number of anilines is 2. The van der Waals surface area contributed by atoms with Crippen molar-refractivity contribution < 1.29 is 19.0 Å². The van der Waals surface area contributed by atoms with Crippen LogP contribution in [0, 0.1) is 0 Å². The molecular formula is C28H27BrN2O4. The molecule has 0 saturated heterocycles. The number of para-hydroxylation sites is 3. The van der Waals surface area contributed by atoms with E-state index in [0.717, 1.165) is 44.0 Å². The van der Waals surface area contributed by atoms with Crippen LogP contribution >= 0.6 is 15.9 Å². The first-order chi connectivity index (χ1) is 17.0. The van der Waals surface area contributed by atoms with Crippen molar-refractivity contribution in [3.8, 4) is 17.2 Å². The Labute approximate surface area is 213 Å². The van der Waals surface area contributed by atoms with Gasteiger partial charge in [-0.05, 0) is 58.2 Å². The molecule has 0 amide bonds. The fraction of sp³-hybridized carbons (Fsp3) is 0.250. The van der Waals surface area contributed by atoms with Crippen LogP contribution in [0.25, 0.3) is 0 Å². The van der Waals surface area contributed by atoms with Crippen molar-refractivity contribution in [1.29, 1.82) is 0 Å². The molecule has 3 aromatic carbocycles. The molecule has 35 heavy (non-hydrogen) atoms. The van der Waals surface area contributed by atoms with Gasteiger partial charge in [-0.1, -0.05) is 30.3 Å². The SMILES string of the molecule is COc1cc(C2Nc3ccccc3NC3=C2C(=O)CC(c2ccccc2OC)C3)c(OC)cc1Br. The summed E-state index contributed by atoms with van der Waals surface area (Å²) < 4.78 is 17.7. The zero-order chi connectivity index (χ0) is 24.5. The Morgan fingerprint density at radius 1 is 0.800 bits per heavy atom. The summed E-state index contributed by atoms with van der Waals surface area (Å²) in [7, 11) is 4.93. The summed E-state index contributed by atoms with van der Waals surface area (Å²) in [5.41, 5.74) is 5.35. The maximum atomic E-state index is 13.9. The van der Waals surface area contributed by atoms with Crippen LogP contribution in [0.4, 0.5) is 11.4 Å². The van der Waals surface area contributed by atoms with E-state index in [0.29, 0.717) is 24.3 Å². The number of ether oxygens (including phenoxy) is 3. The molecule has 1 heterocycles. The van der Waals surface area contributed by atoms with Gasteiger partial charge >= 0.3 is 0 Å². The third-order valence-corrected chi connectivity index (χ3v) is 7.32. The van der Waals surface area contributed by atoms with E-state index in [9.17, 15) is 4.79 Å². The third kappa shape index (κ3) is 4.25. The minimum atomic E-state index is -0.413. The highest BCUT2D eigenvalue weighted by Gasteiger charge is 2.38. The Hall–Kier alpha value is -3.45. The molecule has 180 valence electrons. The van der Waals surface area contributed by atoms with Crippen molar-refractivity contribution in [3.05, 3.63) is 87.5 Å². The largest absolute Gasteiger partial charge is 0.496 e. The number of rotatable bonds is 5. The summed E-state index contributed by atoms with van der Waals surface area (Å²) in [6, 6.07) is 19.3. The van der Waals surface area contributed by atoms with Crippen LogP contribution in [0.5, 0.6) is 17.2 Å². The number of allylic oxidation sites excluding steroid dienone is 1. The number of hydrogen-bond donors (Lipinski definition) is 2. The number of Topliss-reactive ketones (excluding diaryl/α,β-unsaturated/α-hetero) is 1. The van der Waals surface area contributed by atoms with Gasteiger partial charge in [0.1, 0.15) is 17.2 Å². The number of carbonyl (C=O) groups excluding carboxylic acids is 1. The number of halogens is 1. The molecule has 0 spiro atoms. The Kier molecular flexibility index (Phi) is 6.43. The third-order valence-electron chi connectivity index (χ3n) is 6.70. The van der Waals surface area contributed by atoms with E-state index in [4.69, 9.17) is 14.2 Å². The molecule has 2 unspecified atom stereocenters. The van der Waals surface area contributed by atoms with Crippen molar-refractivity contribution in [2.45, 2.75) is 24.8 Å². The smallest absolute Gasteiger partial charge is 0.163 e. The molecule has 2 aliphatic rings. The number of benzene rings is 3. The van der Waals surface area contributed by atoms with Crippen molar-refractivity contribution in [2.75, 3.05) is 32.0 Å². The molecule has 0 bridgehead atoms. The molecule has 0 saturated carbocycles. The summed E-state index contributed by atoms with van der Waals surface area (Å²) in [4.78, 5) is 13.9. The first-order valence-electron chi connectivity index (χ1n) is 11.5. The number of nitrogens with one attached hydrogen (secondary N) is 2. The Bertz CT molecular complexity index is 1320. The first-order valence-corrected chi connectivity index (χ1v) is 12.3. The maximum Gasteiger partial charge on any atom is 0.163 e. The highest BCUT2D eigenvalue weighted by molar-refractivity contribution is 9.10. The van der Waals surface area contributed by atoms with Crippen molar-refractivity contribution in [2.24, 2.45) is 0 Å². The van der Waals surface area contributed by atoms with Crippen LogP contribution < -0.4 is 24.8 Å². The molecule has 2 N–H and O–H groups in total. The second-order valence-electron chi connectivity index (χ2n) is 8.64. The highest BCUT2D eigenvalue weighted by atomic mass is 79.9. The zero-order valence-corrected chi connectivity index (χ0v) is 21.4. The molecule has 0 fully saturated rings. The highest BCUT2D eigenvalue weighted by Crippen LogP contribution is 2.48. The van der Waals surface area contributed by atoms with E-state index >= 15 is 0 Å². The van der Waals surface area contributed by atoms with Gasteiger partial charge in [0.15, 0.2) is 5.78 Å². The molecule has 2 atom stereocenters. The molecular weight excluding hydrogens is 508 g/mol. The van der Waals surface area contributed by atoms with Crippen molar-refractivity contribution in [1.82, 2.24) is 0 Å². The lowest BCUT2D eigenvalue weighted by atomic mass is 9.78. The predicted molar refractivity (Wildman–Crippen MR) is 141 cm³/mol. The lowest BCUT2D eigenvalue weighted by molar-refractivity contribution is -0.116. The standard InChI is InChI=1S/C28H27BrN2O4/c1-33-24-11-7-4-8-17(24)16-12-22-27(23(32)13-16)28(31-21-10-6-5-9-20(21)30-22)18-14-26(35-3)19(29)15-25(18)34-2/h4-11,14-16,28,30-31H,12-13H2,1-3H3. The van der Waals surface area contributed by atoms with E-state index in [-0.39, 0.29) is 11.7 Å². The second-order valence-corrected chi connectivity index (χ2v) is 9.49.